The molecule has 0 saturated carbocycles. The van der Waals surface area contributed by atoms with Gasteiger partial charge in [0.25, 0.3) is 0 Å². The number of ether oxygens (including phenoxy) is 2. The highest BCUT2D eigenvalue weighted by molar-refractivity contribution is 9.10. The first-order valence-electron chi connectivity index (χ1n) is 7.11. The number of fused-ring (bicyclic) bond motifs is 1. The number of nitrogens with zero attached hydrogens (tertiary/aromatic N) is 2. The number of halogens is 1. The van der Waals surface area contributed by atoms with E-state index < -0.39 is 0 Å². The van der Waals surface area contributed by atoms with Crippen molar-refractivity contribution < 1.29 is 9.47 Å². The second-order valence-electron chi connectivity index (χ2n) is 5.12. The summed E-state index contributed by atoms with van der Waals surface area (Å²) in [5, 5.41) is 16.5. The Morgan fingerprint density at radius 1 is 1.52 bits per heavy atom. The molecule has 1 aromatic carbocycles. The fourth-order valence-electron chi connectivity index (χ4n) is 2.70. The highest BCUT2D eigenvalue weighted by Gasteiger charge is 2.34. The third kappa shape index (κ3) is 2.55. The molecule has 7 heteroatoms. The second-order valence-corrected chi connectivity index (χ2v) is 5.97. The molecular formula is C16H15BrN4O2. The molecule has 1 aliphatic heterocycles. The molecule has 3 rings (SSSR count). The lowest BCUT2D eigenvalue weighted by Crippen LogP contribution is -2.21. The molecule has 0 radical (unpaired) electrons. The van der Waals surface area contributed by atoms with Crippen LogP contribution in [-0.4, -0.2) is 16.8 Å². The fraction of sp³-hybridized carbons (Fsp3) is 0.250. The zero-order chi connectivity index (χ0) is 16.6. The third-order valence-corrected chi connectivity index (χ3v) is 4.34. The van der Waals surface area contributed by atoms with Crippen LogP contribution in [0.5, 0.6) is 11.6 Å². The zero-order valence-electron chi connectivity index (χ0n) is 12.7. The van der Waals surface area contributed by atoms with Gasteiger partial charge in [0.05, 0.1) is 17.0 Å². The number of H-pyrrole nitrogens is 1. The van der Waals surface area contributed by atoms with Gasteiger partial charge in [0.2, 0.25) is 11.8 Å². The minimum atomic E-state index is -0.325. The van der Waals surface area contributed by atoms with Crippen LogP contribution < -0.4 is 15.2 Å². The van der Waals surface area contributed by atoms with Crippen molar-refractivity contribution >= 4 is 15.9 Å². The van der Waals surface area contributed by atoms with Crippen molar-refractivity contribution in [1.82, 2.24) is 10.2 Å². The molecular weight excluding hydrogens is 360 g/mol. The van der Waals surface area contributed by atoms with E-state index in [0.29, 0.717) is 18.1 Å². The highest BCUT2D eigenvalue weighted by atomic mass is 79.9. The predicted octanol–water partition coefficient (Wildman–Crippen LogP) is 3.10. The first kappa shape index (κ1) is 15.4. The molecule has 0 aliphatic carbocycles. The van der Waals surface area contributed by atoms with Crippen LogP contribution >= 0.6 is 15.9 Å². The minimum Gasteiger partial charge on any atom is -0.493 e. The quantitative estimate of drug-likeness (QED) is 0.859. The van der Waals surface area contributed by atoms with Crippen LogP contribution in [0.4, 0.5) is 0 Å². The van der Waals surface area contributed by atoms with Gasteiger partial charge in [0, 0.05) is 11.3 Å². The molecule has 23 heavy (non-hydrogen) atoms. The van der Waals surface area contributed by atoms with Crippen molar-refractivity contribution in [2.45, 2.75) is 19.8 Å². The Kier molecular flexibility index (Phi) is 4.01. The maximum atomic E-state index is 9.52. The van der Waals surface area contributed by atoms with Crippen LogP contribution in [0.15, 0.2) is 34.1 Å². The van der Waals surface area contributed by atoms with E-state index in [1.165, 1.54) is 0 Å². The van der Waals surface area contributed by atoms with Gasteiger partial charge in [-0.25, -0.2) is 0 Å². The van der Waals surface area contributed by atoms with Crippen molar-refractivity contribution in [3.05, 3.63) is 50.9 Å². The summed E-state index contributed by atoms with van der Waals surface area (Å²) < 4.78 is 11.8. The van der Waals surface area contributed by atoms with Gasteiger partial charge in [-0.1, -0.05) is 6.07 Å². The van der Waals surface area contributed by atoms with Crippen molar-refractivity contribution in [2.24, 2.45) is 5.73 Å². The minimum absolute atomic E-state index is 0.0847. The number of allylic oxidation sites excluding steroid dienone is 1. The maximum Gasteiger partial charge on any atom is 0.244 e. The lowest BCUT2D eigenvalue weighted by Gasteiger charge is -2.24. The molecule has 1 aromatic heterocycles. The first-order valence-corrected chi connectivity index (χ1v) is 7.90. The van der Waals surface area contributed by atoms with Crippen molar-refractivity contribution in [3.8, 4) is 17.7 Å². The van der Waals surface area contributed by atoms with Gasteiger partial charge >= 0.3 is 0 Å². The average molecular weight is 375 g/mol. The average Bonchev–Trinajstić information content (AvgIpc) is 2.89. The third-order valence-electron chi connectivity index (χ3n) is 3.72. The molecule has 0 amide bonds. The topological polar surface area (TPSA) is 96.9 Å². The van der Waals surface area contributed by atoms with Gasteiger partial charge in [-0.05, 0) is 47.5 Å². The molecule has 0 saturated heterocycles. The van der Waals surface area contributed by atoms with Gasteiger partial charge in [-0.15, -0.1) is 5.10 Å². The summed E-state index contributed by atoms with van der Waals surface area (Å²) in [4.78, 5) is 0. The Labute approximate surface area is 142 Å². The number of rotatable bonds is 3. The monoisotopic (exact) mass is 374 g/mol. The molecule has 2 heterocycles. The lowest BCUT2D eigenvalue weighted by atomic mass is 9.84. The molecule has 1 atom stereocenters. The van der Waals surface area contributed by atoms with Crippen LogP contribution in [0.25, 0.3) is 0 Å². The number of nitrogens with one attached hydrogen (secondary N) is 1. The number of hydrogen-bond donors (Lipinski definition) is 2. The molecule has 118 valence electrons. The summed E-state index contributed by atoms with van der Waals surface area (Å²) >= 11 is 3.51. The van der Waals surface area contributed by atoms with Gasteiger partial charge in [0.1, 0.15) is 17.4 Å². The molecule has 6 nitrogen and oxygen atoms in total. The van der Waals surface area contributed by atoms with Gasteiger partial charge in [-0.2, -0.15) is 5.26 Å². The standard InChI is InChI=1S/C16H15BrN4O2/c1-3-22-12-5-4-9(6-11(12)17)14-10(7-18)15(19)23-16-13(14)8(2)20-21-16/h4-6,14H,3,19H2,1-2H3,(H,20,21)/t14-/m1/s1. The summed E-state index contributed by atoms with van der Waals surface area (Å²) in [6.45, 7) is 4.40. The van der Waals surface area contributed by atoms with Gasteiger partial charge < -0.3 is 15.2 Å². The number of hydrogen-bond acceptors (Lipinski definition) is 5. The summed E-state index contributed by atoms with van der Waals surface area (Å²) in [5.74, 6) is 0.924. The normalized spacial score (nSPS) is 16.5. The SMILES string of the molecule is CCOc1ccc([C@@H]2C(C#N)=C(N)Oc3n[nH]c(C)c32)cc1Br. The van der Waals surface area contributed by atoms with E-state index in [2.05, 4.69) is 32.2 Å². The van der Waals surface area contributed by atoms with E-state index in [4.69, 9.17) is 15.2 Å². The van der Waals surface area contributed by atoms with Gasteiger partial charge in [0.15, 0.2) is 0 Å². The summed E-state index contributed by atoms with van der Waals surface area (Å²) in [7, 11) is 0. The van der Waals surface area contributed by atoms with E-state index in [1.807, 2.05) is 32.0 Å². The Morgan fingerprint density at radius 2 is 2.30 bits per heavy atom. The molecule has 0 bridgehead atoms. The fourth-order valence-corrected chi connectivity index (χ4v) is 3.21. The molecule has 1 aliphatic rings. The van der Waals surface area contributed by atoms with Gasteiger partial charge in [-0.3, -0.25) is 5.10 Å². The molecule has 2 aromatic rings. The zero-order valence-corrected chi connectivity index (χ0v) is 14.3. The molecule has 3 N–H and O–H groups in total. The summed E-state index contributed by atoms with van der Waals surface area (Å²) in [6, 6.07) is 7.89. The number of nitrogens with two attached hydrogens (primary N) is 1. The number of aromatic nitrogens is 2. The Hall–Kier alpha value is -2.46. The van der Waals surface area contributed by atoms with E-state index in [9.17, 15) is 5.26 Å². The van der Waals surface area contributed by atoms with Crippen LogP contribution in [-0.2, 0) is 0 Å². The van der Waals surface area contributed by atoms with E-state index >= 15 is 0 Å². The number of aryl methyl sites for hydroxylation is 1. The highest BCUT2D eigenvalue weighted by Crippen LogP contribution is 2.43. The second kappa shape index (κ2) is 5.97. The van der Waals surface area contributed by atoms with Crippen LogP contribution in [0, 0.1) is 18.3 Å². The smallest absolute Gasteiger partial charge is 0.244 e. The summed E-state index contributed by atoms with van der Waals surface area (Å²) in [6.07, 6.45) is 0. The van der Waals surface area contributed by atoms with Crippen LogP contribution in [0.3, 0.4) is 0 Å². The number of nitriles is 1. The number of benzene rings is 1. The Bertz CT molecular complexity index is 835. The van der Waals surface area contributed by atoms with Crippen molar-refractivity contribution in [2.75, 3.05) is 6.61 Å². The first-order chi connectivity index (χ1) is 11.1. The molecule has 0 spiro atoms. The van der Waals surface area contributed by atoms with Crippen LogP contribution in [0.1, 0.15) is 29.7 Å². The lowest BCUT2D eigenvalue weighted by molar-refractivity contribution is 0.338. The van der Waals surface area contributed by atoms with E-state index in [-0.39, 0.29) is 11.8 Å². The van der Waals surface area contributed by atoms with E-state index in [1.54, 1.807) is 0 Å². The predicted molar refractivity (Wildman–Crippen MR) is 87.9 cm³/mol. The molecule has 0 fully saturated rings. The Morgan fingerprint density at radius 3 is 2.96 bits per heavy atom. The Balaban J connectivity index is 2.15. The molecule has 0 unspecified atom stereocenters. The largest absolute Gasteiger partial charge is 0.493 e. The van der Waals surface area contributed by atoms with Crippen LogP contribution in [0.2, 0.25) is 0 Å². The summed E-state index contributed by atoms with van der Waals surface area (Å²) in [5.41, 5.74) is 8.85. The van der Waals surface area contributed by atoms with Crippen molar-refractivity contribution in [3.63, 3.8) is 0 Å². The number of aromatic amines is 1. The maximum absolute atomic E-state index is 9.52. The van der Waals surface area contributed by atoms with Crippen molar-refractivity contribution in [1.29, 1.82) is 5.26 Å². The van der Waals surface area contributed by atoms with E-state index in [0.717, 1.165) is 27.0 Å².